The van der Waals surface area contributed by atoms with Crippen molar-refractivity contribution >= 4 is 5.69 Å². The molecule has 1 N–H and O–H groups in total. The normalized spacial score (nSPS) is 22.4. The van der Waals surface area contributed by atoms with Gasteiger partial charge in [-0.3, -0.25) is 0 Å². The molecule has 0 heterocycles. The van der Waals surface area contributed by atoms with Crippen molar-refractivity contribution in [3.8, 4) is 11.5 Å². The zero-order valence-electron chi connectivity index (χ0n) is 12.9. The second-order valence-electron chi connectivity index (χ2n) is 5.58. The summed E-state index contributed by atoms with van der Waals surface area (Å²) in [7, 11) is 1.69. The molecule has 0 bridgehead atoms. The predicted octanol–water partition coefficient (Wildman–Crippen LogP) is 4.47. The van der Waals surface area contributed by atoms with Crippen LogP contribution >= 0.6 is 0 Å². The Bertz CT molecular complexity index is 419. The number of benzene rings is 1. The molecule has 1 fully saturated rings. The number of anilines is 1. The molecular weight excluding hydrogens is 250 g/mol. The maximum Gasteiger partial charge on any atom is 0.162 e. The first kappa shape index (κ1) is 15.0. The number of rotatable bonds is 6. The minimum atomic E-state index is 0.594. The van der Waals surface area contributed by atoms with E-state index in [2.05, 4.69) is 18.3 Å². The highest BCUT2D eigenvalue weighted by atomic mass is 16.5. The second kappa shape index (κ2) is 7.41. The average Bonchev–Trinajstić information content (AvgIpc) is 2.49. The quantitative estimate of drug-likeness (QED) is 0.832. The van der Waals surface area contributed by atoms with Gasteiger partial charge < -0.3 is 14.8 Å². The molecule has 0 aliphatic heterocycles. The van der Waals surface area contributed by atoms with E-state index in [4.69, 9.17) is 9.47 Å². The van der Waals surface area contributed by atoms with Crippen LogP contribution in [0.5, 0.6) is 11.5 Å². The van der Waals surface area contributed by atoms with Gasteiger partial charge in [-0.2, -0.15) is 0 Å². The van der Waals surface area contributed by atoms with Crippen molar-refractivity contribution in [2.45, 2.75) is 52.0 Å². The highest BCUT2D eigenvalue weighted by molar-refractivity contribution is 5.55. The molecule has 112 valence electrons. The van der Waals surface area contributed by atoms with Crippen molar-refractivity contribution in [2.75, 3.05) is 19.0 Å². The first-order valence-corrected chi connectivity index (χ1v) is 7.84. The lowest BCUT2D eigenvalue weighted by atomic mass is 9.84. The van der Waals surface area contributed by atoms with E-state index in [1.54, 1.807) is 7.11 Å². The monoisotopic (exact) mass is 277 g/mol. The molecule has 2 atom stereocenters. The molecule has 1 aromatic rings. The van der Waals surface area contributed by atoms with Gasteiger partial charge in [0, 0.05) is 17.8 Å². The van der Waals surface area contributed by atoms with Gasteiger partial charge in [0.25, 0.3) is 0 Å². The van der Waals surface area contributed by atoms with E-state index in [1.165, 1.54) is 32.1 Å². The molecule has 2 unspecified atom stereocenters. The maximum absolute atomic E-state index is 5.55. The first-order valence-electron chi connectivity index (χ1n) is 7.84. The van der Waals surface area contributed by atoms with Crippen molar-refractivity contribution in [2.24, 2.45) is 5.92 Å². The smallest absolute Gasteiger partial charge is 0.162 e. The molecular formula is C17H27NO2. The second-order valence-corrected chi connectivity index (χ2v) is 5.58. The predicted molar refractivity (Wildman–Crippen MR) is 83.8 cm³/mol. The van der Waals surface area contributed by atoms with Crippen LogP contribution in [-0.2, 0) is 0 Å². The molecule has 3 nitrogen and oxygen atoms in total. The highest BCUT2D eigenvalue weighted by Crippen LogP contribution is 2.33. The number of ether oxygens (including phenoxy) is 2. The summed E-state index contributed by atoms with van der Waals surface area (Å²) in [5, 5.41) is 3.65. The van der Waals surface area contributed by atoms with Gasteiger partial charge in [0.1, 0.15) is 0 Å². The summed E-state index contributed by atoms with van der Waals surface area (Å²) in [5.41, 5.74) is 1.13. The van der Waals surface area contributed by atoms with Crippen LogP contribution in [-0.4, -0.2) is 19.8 Å². The molecule has 0 amide bonds. The Hall–Kier alpha value is -1.38. The number of hydrogen-bond donors (Lipinski definition) is 1. The van der Waals surface area contributed by atoms with Crippen molar-refractivity contribution in [1.82, 2.24) is 0 Å². The summed E-state index contributed by atoms with van der Waals surface area (Å²) >= 11 is 0. The Morgan fingerprint density at radius 1 is 1.20 bits per heavy atom. The van der Waals surface area contributed by atoms with Crippen molar-refractivity contribution in [3.05, 3.63) is 18.2 Å². The third-order valence-corrected chi connectivity index (χ3v) is 4.19. The molecule has 0 spiro atoms. The van der Waals surface area contributed by atoms with E-state index in [0.29, 0.717) is 12.6 Å². The van der Waals surface area contributed by atoms with E-state index in [0.717, 1.165) is 23.1 Å². The lowest BCUT2D eigenvalue weighted by Crippen LogP contribution is -2.27. The van der Waals surface area contributed by atoms with Crippen LogP contribution in [0.3, 0.4) is 0 Å². The van der Waals surface area contributed by atoms with Crippen molar-refractivity contribution < 1.29 is 9.47 Å². The van der Waals surface area contributed by atoms with E-state index >= 15 is 0 Å². The van der Waals surface area contributed by atoms with E-state index in [1.807, 2.05) is 19.1 Å². The van der Waals surface area contributed by atoms with Gasteiger partial charge in [-0.15, -0.1) is 0 Å². The molecule has 1 saturated carbocycles. The van der Waals surface area contributed by atoms with Crippen molar-refractivity contribution in [1.29, 1.82) is 0 Å². The minimum absolute atomic E-state index is 0.594. The fourth-order valence-electron chi connectivity index (χ4n) is 3.06. The standard InChI is InChI=1S/C17H27NO2/c1-4-13-7-6-8-14(11-13)18-15-9-10-16(20-5-2)17(12-15)19-3/h9-10,12-14,18H,4-8,11H2,1-3H3. The van der Waals surface area contributed by atoms with Gasteiger partial charge in [0.05, 0.1) is 13.7 Å². The molecule has 0 saturated heterocycles. The van der Waals surface area contributed by atoms with Crippen molar-refractivity contribution in [3.63, 3.8) is 0 Å². The fourth-order valence-corrected chi connectivity index (χ4v) is 3.06. The third-order valence-electron chi connectivity index (χ3n) is 4.19. The summed E-state index contributed by atoms with van der Waals surface area (Å²) in [6.07, 6.45) is 6.58. The Morgan fingerprint density at radius 2 is 2.05 bits per heavy atom. The SMILES string of the molecule is CCOc1ccc(NC2CCCC(CC)C2)cc1OC. The lowest BCUT2D eigenvalue weighted by molar-refractivity contribution is 0.310. The number of hydrogen-bond acceptors (Lipinski definition) is 3. The topological polar surface area (TPSA) is 30.5 Å². The van der Waals surface area contributed by atoms with Crippen LogP contribution in [0, 0.1) is 5.92 Å². The van der Waals surface area contributed by atoms with Gasteiger partial charge in [-0.25, -0.2) is 0 Å². The molecule has 2 rings (SSSR count). The van der Waals surface area contributed by atoms with E-state index < -0.39 is 0 Å². The maximum atomic E-state index is 5.55. The third kappa shape index (κ3) is 3.81. The Morgan fingerprint density at radius 3 is 2.75 bits per heavy atom. The van der Waals surface area contributed by atoms with Gasteiger partial charge >= 0.3 is 0 Å². The molecule has 3 heteroatoms. The van der Waals surface area contributed by atoms with Crippen LogP contribution < -0.4 is 14.8 Å². The van der Waals surface area contributed by atoms with Gasteiger partial charge in [0.2, 0.25) is 0 Å². The highest BCUT2D eigenvalue weighted by Gasteiger charge is 2.20. The summed E-state index contributed by atoms with van der Waals surface area (Å²) in [5.74, 6) is 2.50. The molecule has 20 heavy (non-hydrogen) atoms. The zero-order valence-corrected chi connectivity index (χ0v) is 12.9. The van der Waals surface area contributed by atoms with Gasteiger partial charge in [-0.1, -0.05) is 26.2 Å². The van der Waals surface area contributed by atoms with Gasteiger partial charge in [-0.05, 0) is 37.8 Å². The van der Waals surface area contributed by atoms with Gasteiger partial charge in [0.15, 0.2) is 11.5 Å². The Balaban J connectivity index is 2.02. The fraction of sp³-hybridized carbons (Fsp3) is 0.647. The first-order chi connectivity index (χ1) is 9.76. The lowest BCUT2D eigenvalue weighted by Gasteiger charge is -2.30. The Kier molecular flexibility index (Phi) is 5.57. The summed E-state index contributed by atoms with van der Waals surface area (Å²) in [6.45, 7) is 4.94. The summed E-state index contributed by atoms with van der Waals surface area (Å²) < 4.78 is 11.0. The average molecular weight is 277 g/mol. The van der Waals surface area contributed by atoms with Crippen LogP contribution in [0.2, 0.25) is 0 Å². The van der Waals surface area contributed by atoms with E-state index in [9.17, 15) is 0 Å². The molecule has 1 aliphatic carbocycles. The summed E-state index contributed by atoms with van der Waals surface area (Å²) in [6, 6.07) is 6.71. The van der Waals surface area contributed by atoms with Crippen LogP contribution in [0.4, 0.5) is 5.69 Å². The molecule has 0 aromatic heterocycles. The largest absolute Gasteiger partial charge is 0.493 e. The molecule has 1 aliphatic rings. The number of methoxy groups -OCH3 is 1. The van der Waals surface area contributed by atoms with Crippen LogP contribution in [0.1, 0.15) is 46.0 Å². The van der Waals surface area contributed by atoms with Crippen LogP contribution in [0.25, 0.3) is 0 Å². The zero-order chi connectivity index (χ0) is 14.4. The molecule has 1 aromatic carbocycles. The minimum Gasteiger partial charge on any atom is -0.493 e. The Labute approximate surface area is 122 Å². The molecule has 0 radical (unpaired) electrons. The number of nitrogens with one attached hydrogen (secondary N) is 1. The van der Waals surface area contributed by atoms with Crippen LogP contribution in [0.15, 0.2) is 18.2 Å². The van der Waals surface area contributed by atoms with E-state index in [-0.39, 0.29) is 0 Å². The summed E-state index contributed by atoms with van der Waals surface area (Å²) in [4.78, 5) is 0.